The molecule has 0 aromatic heterocycles. The highest BCUT2D eigenvalue weighted by Crippen LogP contribution is 2.30. The van der Waals surface area contributed by atoms with Crippen molar-refractivity contribution in [1.82, 2.24) is 0 Å². The van der Waals surface area contributed by atoms with E-state index in [9.17, 15) is 9.90 Å². The number of esters is 1. The monoisotopic (exact) mass is 433 g/mol. The van der Waals surface area contributed by atoms with E-state index in [0.717, 1.165) is 11.1 Å². The number of nitrogens with one attached hydrogen (secondary N) is 1. The summed E-state index contributed by atoms with van der Waals surface area (Å²) in [5.41, 5.74) is 2.64. The van der Waals surface area contributed by atoms with Crippen LogP contribution in [0.5, 0.6) is 11.5 Å². The van der Waals surface area contributed by atoms with E-state index in [2.05, 4.69) is 5.32 Å². The number of ether oxygens (including phenoxy) is 2. The summed E-state index contributed by atoms with van der Waals surface area (Å²) in [4.78, 5) is 13.0. The van der Waals surface area contributed by atoms with Crippen LogP contribution in [0, 0.1) is 12.8 Å². The minimum atomic E-state index is -0.408. The molecule has 0 unspecified atom stereocenters. The summed E-state index contributed by atoms with van der Waals surface area (Å²) in [6, 6.07) is 24.2. The van der Waals surface area contributed by atoms with E-state index in [1.807, 2.05) is 68.4 Å². The standard InChI is InChI=1S/C27H31NO4/c1-3-23(27(30)32-22-14-8-5-9-15-22)24(28-26-20(2)11-10-16-25(26)29)17-18-31-19-21-12-6-4-7-13-21/h4-16,23-24,28-29H,3,17-19H2,1-2H3/t23-,24-/m1/s1. The van der Waals surface area contributed by atoms with Crippen molar-refractivity contribution in [3.63, 3.8) is 0 Å². The molecule has 0 aliphatic rings. The Hall–Kier alpha value is -3.31. The highest BCUT2D eigenvalue weighted by molar-refractivity contribution is 5.77. The molecule has 0 amide bonds. The van der Waals surface area contributed by atoms with E-state index in [1.165, 1.54) is 0 Å². The number of rotatable bonds is 11. The number of aromatic hydroxyl groups is 1. The second-order valence-electron chi connectivity index (χ2n) is 7.80. The number of hydrogen-bond donors (Lipinski definition) is 2. The van der Waals surface area contributed by atoms with Crippen LogP contribution in [0.15, 0.2) is 78.9 Å². The Morgan fingerprint density at radius 3 is 2.31 bits per heavy atom. The molecule has 0 heterocycles. The Labute approximate surface area is 190 Å². The van der Waals surface area contributed by atoms with Gasteiger partial charge in [-0.2, -0.15) is 0 Å². The van der Waals surface area contributed by atoms with Crippen LogP contribution in [-0.2, 0) is 16.1 Å². The van der Waals surface area contributed by atoms with Gasteiger partial charge >= 0.3 is 5.97 Å². The van der Waals surface area contributed by atoms with Gasteiger partial charge in [0.05, 0.1) is 18.2 Å². The van der Waals surface area contributed by atoms with Crippen molar-refractivity contribution in [3.05, 3.63) is 90.0 Å². The maximum absolute atomic E-state index is 13.0. The van der Waals surface area contributed by atoms with Crippen LogP contribution in [0.3, 0.4) is 0 Å². The van der Waals surface area contributed by atoms with Crippen molar-refractivity contribution >= 4 is 11.7 Å². The number of phenolic OH excluding ortho intramolecular Hbond substituents is 1. The van der Waals surface area contributed by atoms with Crippen LogP contribution in [0.2, 0.25) is 0 Å². The average Bonchev–Trinajstić information content (AvgIpc) is 2.80. The number of benzene rings is 3. The van der Waals surface area contributed by atoms with Gasteiger partial charge < -0.3 is 19.9 Å². The van der Waals surface area contributed by atoms with Gasteiger partial charge in [0.2, 0.25) is 0 Å². The zero-order valence-electron chi connectivity index (χ0n) is 18.7. The van der Waals surface area contributed by atoms with Gasteiger partial charge in [0.15, 0.2) is 0 Å². The van der Waals surface area contributed by atoms with E-state index < -0.39 is 5.92 Å². The molecule has 0 spiro atoms. The van der Waals surface area contributed by atoms with E-state index in [0.29, 0.717) is 37.5 Å². The third kappa shape index (κ3) is 6.59. The predicted molar refractivity (Wildman–Crippen MR) is 127 cm³/mol. The molecule has 0 bridgehead atoms. The van der Waals surface area contributed by atoms with Crippen LogP contribution in [-0.4, -0.2) is 23.7 Å². The molecule has 3 rings (SSSR count). The maximum Gasteiger partial charge on any atom is 0.316 e. The first-order valence-electron chi connectivity index (χ1n) is 11.0. The van der Waals surface area contributed by atoms with Crippen LogP contribution in [0.1, 0.15) is 30.9 Å². The van der Waals surface area contributed by atoms with Crippen molar-refractivity contribution in [1.29, 1.82) is 0 Å². The fourth-order valence-electron chi connectivity index (χ4n) is 3.67. The third-order valence-electron chi connectivity index (χ3n) is 5.46. The van der Waals surface area contributed by atoms with Crippen molar-refractivity contribution in [3.8, 4) is 11.5 Å². The molecule has 0 radical (unpaired) electrons. The lowest BCUT2D eigenvalue weighted by Crippen LogP contribution is -2.37. The van der Waals surface area contributed by atoms with Gasteiger partial charge in [-0.15, -0.1) is 0 Å². The summed E-state index contributed by atoms with van der Waals surface area (Å²) in [5.74, 6) is -0.0258. The Morgan fingerprint density at radius 1 is 0.969 bits per heavy atom. The van der Waals surface area contributed by atoms with Gasteiger partial charge in [-0.25, -0.2) is 0 Å². The number of aryl methyl sites for hydroxylation is 1. The lowest BCUT2D eigenvalue weighted by molar-refractivity contribution is -0.139. The number of carbonyl (C=O) groups excluding carboxylic acids is 1. The Balaban J connectivity index is 1.72. The van der Waals surface area contributed by atoms with Gasteiger partial charge in [-0.1, -0.05) is 67.6 Å². The summed E-state index contributed by atoms with van der Waals surface area (Å²) in [5, 5.41) is 13.8. The second-order valence-corrected chi connectivity index (χ2v) is 7.80. The zero-order valence-corrected chi connectivity index (χ0v) is 18.7. The van der Waals surface area contributed by atoms with E-state index in [1.54, 1.807) is 24.3 Å². The Bertz CT molecular complexity index is 955. The topological polar surface area (TPSA) is 67.8 Å². The normalized spacial score (nSPS) is 12.7. The zero-order chi connectivity index (χ0) is 22.8. The molecule has 3 aromatic rings. The molecular formula is C27H31NO4. The van der Waals surface area contributed by atoms with Crippen LogP contribution >= 0.6 is 0 Å². The van der Waals surface area contributed by atoms with Crippen LogP contribution in [0.4, 0.5) is 5.69 Å². The first-order chi connectivity index (χ1) is 15.6. The fraction of sp³-hybridized carbons (Fsp3) is 0.296. The van der Waals surface area contributed by atoms with Crippen molar-refractivity contribution in [2.24, 2.45) is 5.92 Å². The molecule has 32 heavy (non-hydrogen) atoms. The largest absolute Gasteiger partial charge is 0.506 e. The summed E-state index contributed by atoms with van der Waals surface area (Å²) in [7, 11) is 0. The van der Waals surface area contributed by atoms with Crippen molar-refractivity contribution in [2.75, 3.05) is 11.9 Å². The number of anilines is 1. The molecule has 0 saturated carbocycles. The van der Waals surface area contributed by atoms with E-state index >= 15 is 0 Å². The molecule has 0 saturated heterocycles. The highest BCUT2D eigenvalue weighted by Gasteiger charge is 2.29. The second kappa shape index (κ2) is 11.9. The summed E-state index contributed by atoms with van der Waals surface area (Å²) in [6.45, 7) is 4.87. The average molecular weight is 434 g/mol. The summed E-state index contributed by atoms with van der Waals surface area (Å²) in [6.07, 6.45) is 1.18. The number of para-hydroxylation sites is 2. The molecule has 5 heteroatoms. The van der Waals surface area contributed by atoms with Crippen molar-refractivity contribution < 1.29 is 19.4 Å². The molecule has 5 nitrogen and oxygen atoms in total. The van der Waals surface area contributed by atoms with Gasteiger partial charge in [0, 0.05) is 12.6 Å². The quantitative estimate of drug-likeness (QED) is 0.175. The summed E-state index contributed by atoms with van der Waals surface area (Å²) < 4.78 is 11.5. The van der Waals surface area contributed by atoms with E-state index in [-0.39, 0.29) is 17.8 Å². The number of hydrogen-bond acceptors (Lipinski definition) is 5. The fourth-order valence-corrected chi connectivity index (χ4v) is 3.67. The number of carbonyl (C=O) groups is 1. The molecule has 3 aromatic carbocycles. The molecule has 0 aliphatic heterocycles. The molecule has 168 valence electrons. The highest BCUT2D eigenvalue weighted by atomic mass is 16.5. The van der Waals surface area contributed by atoms with Crippen LogP contribution in [0.25, 0.3) is 0 Å². The van der Waals surface area contributed by atoms with Crippen LogP contribution < -0.4 is 10.1 Å². The van der Waals surface area contributed by atoms with Gasteiger partial charge in [0.25, 0.3) is 0 Å². The molecule has 2 N–H and O–H groups in total. The molecule has 2 atom stereocenters. The first-order valence-corrected chi connectivity index (χ1v) is 11.0. The lowest BCUT2D eigenvalue weighted by Gasteiger charge is -2.28. The lowest BCUT2D eigenvalue weighted by atomic mass is 9.93. The minimum Gasteiger partial charge on any atom is -0.506 e. The predicted octanol–water partition coefficient (Wildman–Crippen LogP) is 5.72. The molecular weight excluding hydrogens is 402 g/mol. The summed E-state index contributed by atoms with van der Waals surface area (Å²) >= 11 is 0. The molecule has 0 fully saturated rings. The first kappa shape index (κ1) is 23.4. The van der Waals surface area contributed by atoms with Gasteiger partial charge in [0.1, 0.15) is 11.5 Å². The smallest absolute Gasteiger partial charge is 0.316 e. The SMILES string of the molecule is CC[C@@H](C(=O)Oc1ccccc1)[C@@H](CCOCc1ccccc1)Nc1c(C)cccc1O. The Kier molecular flexibility index (Phi) is 8.70. The minimum absolute atomic E-state index is 0.159. The van der Waals surface area contributed by atoms with E-state index in [4.69, 9.17) is 9.47 Å². The van der Waals surface area contributed by atoms with Crippen molar-refractivity contribution in [2.45, 2.75) is 39.3 Å². The van der Waals surface area contributed by atoms with Gasteiger partial charge in [-0.05, 0) is 49.1 Å². The maximum atomic E-state index is 13.0. The third-order valence-corrected chi connectivity index (χ3v) is 5.46. The number of phenols is 1. The van der Waals surface area contributed by atoms with Gasteiger partial charge in [-0.3, -0.25) is 4.79 Å². The molecule has 0 aliphatic carbocycles. The Morgan fingerprint density at radius 2 is 1.66 bits per heavy atom.